The molecule has 4 rings (SSSR count). The van der Waals surface area contributed by atoms with E-state index in [-0.39, 0.29) is 18.0 Å². The smallest absolute Gasteiger partial charge is 0.266 e. The van der Waals surface area contributed by atoms with E-state index in [1.165, 1.54) is 0 Å². The second-order valence-electron chi connectivity index (χ2n) is 8.63. The van der Waals surface area contributed by atoms with Crippen LogP contribution in [0.15, 0.2) is 59.0 Å². The van der Waals surface area contributed by atoms with Gasteiger partial charge in [0.1, 0.15) is 11.4 Å². The molecule has 7 nitrogen and oxygen atoms in total. The van der Waals surface area contributed by atoms with E-state index in [4.69, 9.17) is 0 Å². The van der Waals surface area contributed by atoms with Crippen LogP contribution >= 0.6 is 0 Å². The summed E-state index contributed by atoms with van der Waals surface area (Å²) in [5, 5.41) is 7.01. The fourth-order valence-corrected chi connectivity index (χ4v) is 4.42. The van der Waals surface area contributed by atoms with Crippen molar-refractivity contribution in [1.82, 2.24) is 20.0 Å². The molecule has 0 aliphatic carbocycles. The van der Waals surface area contributed by atoms with E-state index in [0.717, 1.165) is 31.7 Å². The monoisotopic (exact) mass is 408 g/mol. The average Bonchev–Trinajstić information content (AvgIpc) is 3.28. The van der Waals surface area contributed by atoms with Gasteiger partial charge in [0.2, 0.25) is 5.96 Å². The molecule has 3 aliphatic rings. The summed E-state index contributed by atoms with van der Waals surface area (Å²) in [6, 6.07) is 10.2. The van der Waals surface area contributed by atoms with Gasteiger partial charge in [-0.05, 0) is 51.9 Å². The van der Waals surface area contributed by atoms with Crippen LogP contribution in [0.5, 0.6) is 0 Å². The number of para-hydroxylation sites is 1. The highest BCUT2D eigenvalue weighted by Crippen LogP contribution is 2.33. The fraction of sp³-hybridized carbons (Fsp3) is 0.478. The summed E-state index contributed by atoms with van der Waals surface area (Å²) in [5.41, 5.74) is 2.21. The van der Waals surface area contributed by atoms with E-state index in [1.807, 2.05) is 30.3 Å². The standard InChI is InChI=1S/C23H32N6O/c1-15-16(2)29-17(3)20(22(30)28(5)23(29)25-15)21(26-19-9-7-6-8-10-19)24-13-18-11-12-27(4)14-18/h6-10,15-16,18,24,26H,3,11-14H2,1-2,4-5H3/b21-20-. The highest BCUT2D eigenvalue weighted by molar-refractivity contribution is 6.12. The third-order valence-electron chi connectivity index (χ3n) is 6.39. The van der Waals surface area contributed by atoms with E-state index in [0.29, 0.717) is 29.0 Å². The number of guanidine groups is 1. The van der Waals surface area contributed by atoms with Gasteiger partial charge in [0.05, 0.1) is 17.8 Å². The minimum absolute atomic E-state index is 0.0919. The van der Waals surface area contributed by atoms with Gasteiger partial charge < -0.3 is 20.4 Å². The van der Waals surface area contributed by atoms with Crippen molar-refractivity contribution in [1.29, 1.82) is 0 Å². The van der Waals surface area contributed by atoms with Gasteiger partial charge >= 0.3 is 0 Å². The summed E-state index contributed by atoms with van der Waals surface area (Å²) in [6.07, 6.45) is 1.16. The number of aliphatic imine (C=N–C) groups is 1. The van der Waals surface area contributed by atoms with Crippen molar-refractivity contribution in [3.63, 3.8) is 0 Å². The number of nitrogens with zero attached hydrogens (tertiary/aromatic N) is 4. The SMILES string of the molecule is C=C1/C(=C(\NCC2CCN(C)C2)Nc2ccccc2)C(=O)N(C)C2=NC(C)C(C)N12. The molecule has 2 fully saturated rings. The van der Waals surface area contributed by atoms with Gasteiger partial charge in [-0.15, -0.1) is 0 Å². The van der Waals surface area contributed by atoms with Crippen LogP contribution in [0.3, 0.4) is 0 Å². The Balaban J connectivity index is 1.68. The third kappa shape index (κ3) is 3.69. The molecular formula is C23H32N6O. The topological polar surface area (TPSA) is 63.2 Å². The number of nitrogens with one attached hydrogen (secondary N) is 2. The van der Waals surface area contributed by atoms with E-state index in [2.05, 4.69) is 52.9 Å². The Kier molecular flexibility index (Phi) is 5.56. The van der Waals surface area contributed by atoms with Crippen molar-refractivity contribution in [3.05, 3.63) is 54.0 Å². The van der Waals surface area contributed by atoms with Crippen molar-refractivity contribution < 1.29 is 4.79 Å². The Morgan fingerprint density at radius 3 is 2.63 bits per heavy atom. The molecule has 0 aromatic heterocycles. The van der Waals surface area contributed by atoms with Gasteiger partial charge in [0.25, 0.3) is 5.91 Å². The predicted molar refractivity (Wildman–Crippen MR) is 121 cm³/mol. The second-order valence-corrected chi connectivity index (χ2v) is 8.63. The van der Waals surface area contributed by atoms with Gasteiger partial charge in [0, 0.05) is 25.8 Å². The Labute approximate surface area is 179 Å². The molecule has 2 N–H and O–H groups in total. The normalized spacial score (nSPS) is 28.5. The van der Waals surface area contributed by atoms with E-state index in [1.54, 1.807) is 11.9 Å². The Bertz CT molecular complexity index is 892. The lowest BCUT2D eigenvalue weighted by Crippen LogP contribution is -2.52. The zero-order valence-electron chi connectivity index (χ0n) is 18.4. The summed E-state index contributed by atoms with van der Waals surface area (Å²) in [7, 11) is 3.94. The molecule has 0 radical (unpaired) electrons. The van der Waals surface area contributed by atoms with E-state index >= 15 is 0 Å². The molecule has 0 bridgehead atoms. The molecule has 0 spiro atoms. The Hall–Kier alpha value is -2.80. The number of likely N-dealkylation sites (tertiary alicyclic amines) is 1. The minimum atomic E-state index is -0.0919. The van der Waals surface area contributed by atoms with Crippen LogP contribution in [-0.2, 0) is 4.79 Å². The summed E-state index contributed by atoms with van der Waals surface area (Å²) in [4.78, 5) is 24.1. The van der Waals surface area contributed by atoms with Gasteiger partial charge in [-0.1, -0.05) is 24.8 Å². The highest BCUT2D eigenvalue weighted by Gasteiger charge is 2.44. The number of hydrogen-bond donors (Lipinski definition) is 2. The zero-order valence-corrected chi connectivity index (χ0v) is 18.4. The average molecular weight is 409 g/mol. The summed E-state index contributed by atoms with van der Waals surface area (Å²) >= 11 is 0. The minimum Gasteiger partial charge on any atom is -0.371 e. The first kappa shape index (κ1) is 20.5. The number of anilines is 1. The lowest BCUT2D eigenvalue weighted by Gasteiger charge is -2.38. The third-order valence-corrected chi connectivity index (χ3v) is 6.39. The fourth-order valence-electron chi connectivity index (χ4n) is 4.42. The van der Waals surface area contributed by atoms with Crippen molar-refractivity contribution in [2.45, 2.75) is 32.4 Å². The van der Waals surface area contributed by atoms with Crippen LogP contribution in [0, 0.1) is 5.92 Å². The molecule has 3 heterocycles. The number of carbonyl (C=O) groups excluding carboxylic acids is 1. The van der Waals surface area contributed by atoms with Crippen LogP contribution < -0.4 is 10.6 Å². The maximum atomic E-state index is 13.4. The summed E-state index contributed by atoms with van der Waals surface area (Å²) < 4.78 is 0. The first-order chi connectivity index (χ1) is 14.4. The van der Waals surface area contributed by atoms with Gasteiger partial charge in [-0.2, -0.15) is 0 Å². The first-order valence-electron chi connectivity index (χ1n) is 10.7. The highest BCUT2D eigenvalue weighted by atomic mass is 16.2. The Morgan fingerprint density at radius 2 is 1.97 bits per heavy atom. The van der Waals surface area contributed by atoms with Crippen LogP contribution in [-0.4, -0.2) is 72.4 Å². The van der Waals surface area contributed by atoms with Gasteiger partial charge in [-0.3, -0.25) is 9.69 Å². The number of amides is 1. The van der Waals surface area contributed by atoms with Crippen LogP contribution in [0.4, 0.5) is 5.69 Å². The van der Waals surface area contributed by atoms with Gasteiger partial charge in [0.15, 0.2) is 0 Å². The maximum absolute atomic E-state index is 13.4. The quantitative estimate of drug-likeness (QED) is 0.732. The number of fused-ring (bicyclic) bond motifs is 1. The van der Waals surface area contributed by atoms with Crippen molar-refractivity contribution in [2.75, 3.05) is 39.0 Å². The molecule has 1 aromatic carbocycles. The first-order valence-corrected chi connectivity index (χ1v) is 10.7. The lowest BCUT2D eigenvalue weighted by atomic mass is 10.0. The lowest BCUT2D eigenvalue weighted by molar-refractivity contribution is -0.123. The number of rotatable bonds is 5. The van der Waals surface area contributed by atoms with Crippen LogP contribution in [0.25, 0.3) is 0 Å². The Morgan fingerprint density at radius 1 is 1.23 bits per heavy atom. The molecule has 1 amide bonds. The maximum Gasteiger partial charge on any atom is 0.266 e. The molecule has 3 aliphatic heterocycles. The molecule has 7 heteroatoms. The number of likely N-dealkylation sites (N-methyl/N-ethyl adjacent to an activating group) is 1. The van der Waals surface area contributed by atoms with E-state index < -0.39 is 0 Å². The number of carbonyl (C=O) groups is 1. The molecule has 0 saturated carbocycles. The van der Waals surface area contributed by atoms with Crippen LogP contribution in [0.2, 0.25) is 0 Å². The van der Waals surface area contributed by atoms with Crippen LogP contribution in [0.1, 0.15) is 20.3 Å². The zero-order chi connectivity index (χ0) is 21.4. The number of hydrogen-bond acceptors (Lipinski definition) is 6. The summed E-state index contributed by atoms with van der Waals surface area (Å²) in [6.45, 7) is 11.5. The van der Waals surface area contributed by atoms with Crippen molar-refractivity contribution in [3.8, 4) is 0 Å². The number of benzene rings is 1. The molecule has 2 saturated heterocycles. The largest absolute Gasteiger partial charge is 0.371 e. The second kappa shape index (κ2) is 8.14. The van der Waals surface area contributed by atoms with Crippen molar-refractivity contribution in [2.24, 2.45) is 10.9 Å². The van der Waals surface area contributed by atoms with Gasteiger partial charge in [-0.25, -0.2) is 4.99 Å². The molecule has 30 heavy (non-hydrogen) atoms. The van der Waals surface area contributed by atoms with E-state index in [9.17, 15) is 4.79 Å². The molecular weight excluding hydrogens is 376 g/mol. The predicted octanol–water partition coefficient (Wildman–Crippen LogP) is 2.29. The van der Waals surface area contributed by atoms with Crippen molar-refractivity contribution >= 4 is 17.6 Å². The molecule has 1 aromatic rings. The summed E-state index contributed by atoms with van der Waals surface area (Å²) in [5.74, 6) is 1.86. The molecule has 3 unspecified atom stereocenters. The molecule has 3 atom stereocenters. The molecule has 160 valence electrons.